The molecule has 5 rings (SSSR count). The summed E-state index contributed by atoms with van der Waals surface area (Å²) < 4.78 is 0. The van der Waals surface area contributed by atoms with E-state index in [1.54, 1.807) is 0 Å². The first-order valence-corrected chi connectivity index (χ1v) is 13.0. The van der Waals surface area contributed by atoms with Crippen LogP contribution in [0.2, 0.25) is 0 Å². The highest BCUT2D eigenvalue weighted by Crippen LogP contribution is 2.24. The maximum atomic E-state index is 13.0. The van der Waals surface area contributed by atoms with Crippen molar-refractivity contribution in [1.29, 1.82) is 0 Å². The lowest BCUT2D eigenvalue weighted by Gasteiger charge is -2.32. The van der Waals surface area contributed by atoms with E-state index in [2.05, 4.69) is 81.8 Å². The molecule has 3 aromatic rings. The van der Waals surface area contributed by atoms with Crippen molar-refractivity contribution in [3.05, 3.63) is 83.4 Å². The van der Waals surface area contributed by atoms with Crippen LogP contribution < -0.4 is 5.32 Å². The SMILES string of the molecule is O=C(NCc1cccc(CN2CCCCC2)c1)C1CCCN(Cc2cccc3ccccc23)C1. The molecule has 1 amide bonds. The Morgan fingerprint density at radius 3 is 2.47 bits per heavy atom. The van der Waals surface area contributed by atoms with Gasteiger partial charge in [0.05, 0.1) is 5.92 Å². The third-order valence-electron chi connectivity index (χ3n) is 7.46. The van der Waals surface area contributed by atoms with Crippen LogP contribution in [-0.4, -0.2) is 41.9 Å². The summed E-state index contributed by atoms with van der Waals surface area (Å²) >= 11 is 0. The minimum atomic E-state index is 0.0697. The fourth-order valence-electron chi connectivity index (χ4n) is 5.63. The van der Waals surface area contributed by atoms with Gasteiger partial charge in [0.25, 0.3) is 0 Å². The smallest absolute Gasteiger partial charge is 0.224 e. The third-order valence-corrected chi connectivity index (χ3v) is 7.46. The molecule has 1 N–H and O–H groups in total. The molecule has 0 saturated carbocycles. The molecule has 34 heavy (non-hydrogen) atoms. The van der Waals surface area contributed by atoms with Crippen molar-refractivity contribution in [2.75, 3.05) is 26.2 Å². The lowest BCUT2D eigenvalue weighted by Crippen LogP contribution is -2.42. The summed E-state index contributed by atoms with van der Waals surface area (Å²) in [6.45, 7) is 6.86. The zero-order valence-electron chi connectivity index (χ0n) is 20.2. The highest BCUT2D eigenvalue weighted by atomic mass is 16.1. The van der Waals surface area contributed by atoms with Crippen molar-refractivity contribution in [1.82, 2.24) is 15.1 Å². The second kappa shape index (κ2) is 11.2. The summed E-state index contributed by atoms with van der Waals surface area (Å²) in [5.41, 5.74) is 3.91. The van der Waals surface area contributed by atoms with Crippen LogP contribution in [0, 0.1) is 5.92 Å². The number of likely N-dealkylation sites (tertiary alicyclic amines) is 2. The monoisotopic (exact) mass is 455 g/mol. The van der Waals surface area contributed by atoms with Crippen molar-refractivity contribution in [2.24, 2.45) is 5.92 Å². The summed E-state index contributed by atoms with van der Waals surface area (Å²) in [5.74, 6) is 0.268. The highest BCUT2D eigenvalue weighted by molar-refractivity contribution is 5.85. The van der Waals surface area contributed by atoms with Crippen LogP contribution in [0.15, 0.2) is 66.7 Å². The van der Waals surface area contributed by atoms with Crippen LogP contribution in [0.25, 0.3) is 10.8 Å². The van der Waals surface area contributed by atoms with Gasteiger partial charge in [-0.25, -0.2) is 0 Å². The van der Waals surface area contributed by atoms with Gasteiger partial charge in [0.1, 0.15) is 0 Å². The molecule has 2 aliphatic rings. The number of fused-ring (bicyclic) bond motifs is 1. The molecule has 178 valence electrons. The number of hydrogen-bond acceptors (Lipinski definition) is 3. The number of nitrogens with one attached hydrogen (secondary N) is 1. The molecule has 4 nitrogen and oxygen atoms in total. The fraction of sp³-hybridized carbons (Fsp3) is 0.433. The normalized spacial score (nSPS) is 19.8. The van der Waals surface area contributed by atoms with Gasteiger partial charge in [-0.1, -0.05) is 73.2 Å². The van der Waals surface area contributed by atoms with Gasteiger partial charge in [-0.15, -0.1) is 0 Å². The summed E-state index contributed by atoms with van der Waals surface area (Å²) in [7, 11) is 0. The maximum Gasteiger partial charge on any atom is 0.224 e. The highest BCUT2D eigenvalue weighted by Gasteiger charge is 2.26. The average Bonchev–Trinajstić information content (AvgIpc) is 2.88. The van der Waals surface area contributed by atoms with Gasteiger partial charge in [-0.3, -0.25) is 14.6 Å². The summed E-state index contributed by atoms with van der Waals surface area (Å²) in [6, 6.07) is 23.9. The van der Waals surface area contributed by atoms with Crippen LogP contribution in [0.3, 0.4) is 0 Å². The molecule has 4 heteroatoms. The Labute approximate surface area is 203 Å². The van der Waals surface area contributed by atoms with Crippen LogP contribution in [0.5, 0.6) is 0 Å². The van der Waals surface area contributed by atoms with Gasteiger partial charge in [0.2, 0.25) is 5.91 Å². The second-order valence-corrected chi connectivity index (χ2v) is 10.1. The molecule has 0 radical (unpaired) electrons. The molecule has 2 heterocycles. The van der Waals surface area contributed by atoms with Gasteiger partial charge in [-0.2, -0.15) is 0 Å². The van der Waals surface area contributed by atoms with E-state index in [9.17, 15) is 4.79 Å². The predicted octanol–water partition coefficient (Wildman–Crippen LogP) is 5.35. The molecule has 0 spiro atoms. The van der Waals surface area contributed by atoms with Crippen molar-refractivity contribution in [3.8, 4) is 0 Å². The number of rotatable bonds is 7. The topological polar surface area (TPSA) is 35.6 Å². The Kier molecular flexibility index (Phi) is 7.57. The number of hydrogen-bond donors (Lipinski definition) is 1. The van der Waals surface area contributed by atoms with Gasteiger partial charge < -0.3 is 5.32 Å². The van der Waals surface area contributed by atoms with E-state index in [1.807, 2.05) is 0 Å². The number of carbonyl (C=O) groups is 1. The third kappa shape index (κ3) is 5.86. The molecule has 0 bridgehead atoms. The minimum Gasteiger partial charge on any atom is -0.352 e. The second-order valence-electron chi connectivity index (χ2n) is 10.1. The van der Waals surface area contributed by atoms with Crippen LogP contribution in [-0.2, 0) is 24.4 Å². The van der Waals surface area contributed by atoms with E-state index in [4.69, 9.17) is 0 Å². The molecule has 2 saturated heterocycles. The first-order valence-electron chi connectivity index (χ1n) is 13.0. The van der Waals surface area contributed by atoms with Crippen LogP contribution >= 0.6 is 0 Å². The van der Waals surface area contributed by atoms with E-state index < -0.39 is 0 Å². The van der Waals surface area contributed by atoms with E-state index >= 15 is 0 Å². The fourth-order valence-corrected chi connectivity index (χ4v) is 5.63. The van der Waals surface area contributed by atoms with Gasteiger partial charge in [-0.05, 0) is 72.8 Å². The molecular weight excluding hydrogens is 418 g/mol. The molecule has 2 aliphatic heterocycles. The van der Waals surface area contributed by atoms with Crippen LogP contribution in [0.1, 0.15) is 48.8 Å². The van der Waals surface area contributed by atoms with Gasteiger partial charge in [0.15, 0.2) is 0 Å². The van der Waals surface area contributed by atoms with E-state index in [-0.39, 0.29) is 11.8 Å². The number of benzene rings is 3. The predicted molar refractivity (Wildman–Crippen MR) is 139 cm³/mol. The molecule has 0 aliphatic carbocycles. The van der Waals surface area contributed by atoms with E-state index in [1.165, 1.54) is 59.8 Å². The van der Waals surface area contributed by atoms with Crippen molar-refractivity contribution >= 4 is 16.7 Å². The number of nitrogens with zero attached hydrogens (tertiary/aromatic N) is 2. The number of amides is 1. The summed E-state index contributed by atoms with van der Waals surface area (Å²) in [6.07, 6.45) is 6.05. The van der Waals surface area contributed by atoms with Crippen molar-refractivity contribution < 1.29 is 4.79 Å². The lowest BCUT2D eigenvalue weighted by atomic mass is 9.96. The van der Waals surface area contributed by atoms with Crippen LogP contribution in [0.4, 0.5) is 0 Å². The van der Waals surface area contributed by atoms with Crippen molar-refractivity contribution in [3.63, 3.8) is 0 Å². The lowest BCUT2D eigenvalue weighted by molar-refractivity contribution is -0.126. The summed E-state index contributed by atoms with van der Waals surface area (Å²) in [5, 5.41) is 5.84. The zero-order chi connectivity index (χ0) is 23.2. The van der Waals surface area contributed by atoms with E-state index in [0.29, 0.717) is 6.54 Å². The summed E-state index contributed by atoms with van der Waals surface area (Å²) in [4.78, 5) is 18.0. The standard InChI is InChI=1S/C30H37N3O/c34-30(31-20-24-9-6-10-25(19-24)21-32-16-4-1-5-17-32)28-14-8-18-33(23-28)22-27-13-7-12-26-11-2-3-15-29(26)27/h2-3,6-7,9-13,15,19,28H,1,4-5,8,14,16-18,20-23H2,(H,31,34). The Bertz CT molecular complexity index is 1100. The van der Waals surface area contributed by atoms with Crippen molar-refractivity contribution in [2.45, 2.75) is 51.7 Å². The van der Waals surface area contributed by atoms with Gasteiger partial charge >= 0.3 is 0 Å². The minimum absolute atomic E-state index is 0.0697. The first kappa shape index (κ1) is 23.1. The average molecular weight is 456 g/mol. The molecular formula is C30H37N3O. The molecule has 1 unspecified atom stereocenters. The molecule has 0 aromatic heterocycles. The van der Waals surface area contributed by atoms with E-state index in [0.717, 1.165) is 39.0 Å². The molecule has 2 fully saturated rings. The Balaban J connectivity index is 1.15. The maximum absolute atomic E-state index is 13.0. The number of carbonyl (C=O) groups excluding carboxylic acids is 1. The Morgan fingerprint density at radius 2 is 1.56 bits per heavy atom. The molecule has 1 atom stereocenters. The van der Waals surface area contributed by atoms with Gasteiger partial charge in [0, 0.05) is 26.2 Å². The number of piperidine rings is 2. The Morgan fingerprint density at radius 1 is 0.794 bits per heavy atom. The zero-order valence-corrected chi connectivity index (χ0v) is 20.2. The first-order chi connectivity index (χ1) is 16.7. The largest absolute Gasteiger partial charge is 0.352 e. The molecule has 3 aromatic carbocycles. The Hall–Kier alpha value is -2.69. The quantitative estimate of drug-likeness (QED) is 0.521.